The molecule has 0 N–H and O–H groups in total. The van der Waals surface area contributed by atoms with Crippen LogP contribution in [-0.4, -0.2) is 35.5 Å². The third kappa shape index (κ3) is 3.94. The van der Waals surface area contributed by atoms with E-state index >= 15 is 0 Å². The van der Waals surface area contributed by atoms with Crippen LogP contribution in [0.2, 0.25) is 0 Å². The largest absolute Gasteiger partial charge is 0.415 e. The lowest BCUT2D eigenvalue weighted by atomic mass is 9.78. The predicted molar refractivity (Wildman–Crippen MR) is 110 cm³/mol. The van der Waals surface area contributed by atoms with Crippen LogP contribution in [0.15, 0.2) is 58.0 Å². The molecule has 9 heteroatoms. The van der Waals surface area contributed by atoms with E-state index in [0.717, 1.165) is 11.8 Å². The van der Waals surface area contributed by atoms with Gasteiger partial charge in [0.15, 0.2) is 11.9 Å². The predicted octanol–water partition coefficient (Wildman–Crippen LogP) is 5.78. The van der Waals surface area contributed by atoms with Crippen LogP contribution in [0.25, 0.3) is 0 Å². The molecule has 4 rings (SSSR count). The Balaban J connectivity index is 1.75. The number of aliphatic imine (C=N–C) groups is 1. The molecule has 3 nitrogen and oxygen atoms in total. The van der Waals surface area contributed by atoms with Crippen LogP contribution in [0.1, 0.15) is 22.3 Å². The number of fused-ring (bicyclic) bond motifs is 1. The molecule has 2 aromatic rings. The number of carbonyl (C=O) groups excluding carboxylic acids is 1. The zero-order valence-corrected chi connectivity index (χ0v) is 17.9. The van der Waals surface area contributed by atoms with Crippen molar-refractivity contribution in [3.8, 4) is 0 Å². The highest BCUT2D eigenvalue weighted by atomic mass is 79.9. The number of hydrogen-bond donors (Lipinski definition) is 0. The summed E-state index contributed by atoms with van der Waals surface area (Å²) in [7, 11) is 0. The molecule has 0 aromatic heterocycles. The molecular weight excluding hydrogens is 486 g/mol. The molecule has 30 heavy (non-hydrogen) atoms. The maximum absolute atomic E-state index is 14.8. The van der Waals surface area contributed by atoms with Gasteiger partial charge in [0.1, 0.15) is 11.4 Å². The van der Waals surface area contributed by atoms with Gasteiger partial charge in [0.25, 0.3) is 0 Å². The molecule has 0 amide bonds. The molecular formula is C21H16BrF4NO2S. The van der Waals surface area contributed by atoms with Gasteiger partial charge in [0.05, 0.1) is 18.1 Å². The van der Waals surface area contributed by atoms with E-state index in [0.29, 0.717) is 15.1 Å². The molecule has 0 radical (unpaired) electrons. The van der Waals surface area contributed by atoms with E-state index in [1.165, 1.54) is 18.2 Å². The summed E-state index contributed by atoms with van der Waals surface area (Å²) in [6, 6.07) is 12.7. The smallest absolute Gasteiger partial charge is 0.365 e. The topological polar surface area (TPSA) is 38.7 Å². The zero-order chi connectivity index (χ0) is 21.5. The van der Waals surface area contributed by atoms with Gasteiger partial charge in [-0.15, -0.1) is 11.8 Å². The molecule has 1 fully saturated rings. The van der Waals surface area contributed by atoms with Crippen LogP contribution in [0.4, 0.5) is 17.6 Å². The summed E-state index contributed by atoms with van der Waals surface area (Å²) >= 11 is 4.36. The molecule has 0 bridgehead atoms. The number of ketones is 1. The van der Waals surface area contributed by atoms with Gasteiger partial charge in [-0.1, -0.05) is 46.3 Å². The van der Waals surface area contributed by atoms with Crippen molar-refractivity contribution < 1.29 is 27.1 Å². The first-order valence-corrected chi connectivity index (χ1v) is 10.9. The van der Waals surface area contributed by atoms with E-state index in [1.54, 1.807) is 30.3 Å². The van der Waals surface area contributed by atoms with Crippen molar-refractivity contribution >= 4 is 38.5 Å². The van der Waals surface area contributed by atoms with Gasteiger partial charge in [0, 0.05) is 27.3 Å². The van der Waals surface area contributed by atoms with Crippen molar-refractivity contribution in [1.82, 2.24) is 0 Å². The molecule has 2 aromatic carbocycles. The monoisotopic (exact) mass is 501 g/mol. The maximum atomic E-state index is 14.8. The standard InChI is InChI=1S/C21H16BrF4NO2S/c22-13-6-7-16(23)14(8-13)20-11-29-19(21(24,25)26)15(20)10-30-18(27-20)9-17(28)12-4-2-1-3-5-12/h1-8,15,19H,9-11H2/t15-,19+,20-/m0/s1. The first-order chi connectivity index (χ1) is 14.2. The molecule has 1 saturated heterocycles. The Morgan fingerprint density at radius 1 is 1.23 bits per heavy atom. The molecule has 3 atom stereocenters. The summed E-state index contributed by atoms with van der Waals surface area (Å²) < 4.78 is 61.2. The SMILES string of the molecule is O=C(CC1=N[C@]2(c3cc(Br)ccc3F)CO[C@@H](C(F)(F)F)[C@@H]2CS1)c1ccccc1. The highest BCUT2D eigenvalue weighted by Gasteiger charge is 2.62. The van der Waals surface area contributed by atoms with Crippen molar-refractivity contribution in [1.29, 1.82) is 0 Å². The molecule has 0 saturated carbocycles. The maximum Gasteiger partial charge on any atom is 0.415 e. The van der Waals surface area contributed by atoms with Gasteiger partial charge in [-0.2, -0.15) is 13.2 Å². The lowest BCUT2D eigenvalue weighted by Crippen LogP contribution is -2.45. The van der Waals surface area contributed by atoms with Crippen LogP contribution >= 0.6 is 27.7 Å². The average Bonchev–Trinajstić information content (AvgIpc) is 3.10. The number of ether oxygens (including phenoxy) is 1. The number of carbonyl (C=O) groups is 1. The van der Waals surface area contributed by atoms with Gasteiger partial charge < -0.3 is 4.74 Å². The fraction of sp³-hybridized carbons (Fsp3) is 0.333. The Bertz CT molecular complexity index is 998. The normalized spacial score (nSPS) is 26.2. The Morgan fingerprint density at radius 3 is 2.67 bits per heavy atom. The molecule has 0 aliphatic carbocycles. The number of Topliss-reactive ketones (excluding diaryl/α,β-unsaturated/α-hetero) is 1. The van der Waals surface area contributed by atoms with E-state index in [-0.39, 0.29) is 23.5 Å². The molecule has 0 unspecified atom stereocenters. The second-order valence-electron chi connectivity index (χ2n) is 7.21. The lowest BCUT2D eigenvalue weighted by Gasteiger charge is -2.37. The molecule has 2 heterocycles. The zero-order valence-electron chi connectivity index (χ0n) is 15.5. The highest BCUT2D eigenvalue weighted by Crippen LogP contribution is 2.52. The van der Waals surface area contributed by atoms with Crippen LogP contribution in [0.3, 0.4) is 0 Å². The lowest BCUT2D eigenvalue weighted by molar-refractivity contribution is -0.215. The summed E-state index contributed by atoms with van der Waals surface area (Å²) in [6.07, 6.45) is -6.70. The number of rotatable bonds is 4. The highest BCUT2D eigenvalue weighted by molar-refractivity contribution is 9.10. The number of nitrogens with zero attached hydrogens (tertiary/aromatic N) is 1. The van der Waals surface area contributed by atoms with E-state index in [4.69, 9.17) is 4.74 Å². The summed E-state index contributed by atoms with van der Waals surface area (Å²) in [4.78, 5) is 17.2. The van der Waals surface area contributed by atoms with Gasteiger partial charge in [-0.3, -0.25) is 9.79 Å². The molecule has 0 spiro atoms. The Labute approximate surface area is 183 Å². The second-order valence-corrected chi connectivity index (χ2v) is 9.22. The first-order valence-electron chi connectivity index (χ1n) is 9.14. The summed E-state index contributed by atoms with van der Waals surface area (Å²) in [5.41, 5.74) is -1.01. The second kappa shape index (κ2) is 8.09. The van der Waals surface area contributed by atoms with Crippen molar-refractivity contribution in [2.45, 2.75) is 24.2 Å². The number of thioether (sulfide) groups is 1. The van der Waals surface area contributed by atoms with Crippen LogP contribution in [0, 0.1) is 11.7 Å². The van der Waals surface area contributed by atoms with Crippen molar-refractivity contribution in [3.05, 3.63) is 69.9 Å². The number of halogens is 5. The number of alkyl halides is 3. The van der Waals surface area contributed by atoms with Crippen molar-refractivity contribution in [3.63, 3.8) is 0 Å². The number of hydrogen-bond acceptors (Lipinski definition) is 4. The van der Waals surface area contributed by atoms with Crippen LogP contribution in [-0.2, 0) is 10.3 Å². The first kappa shape index (κ1) is 21.5. The number of benzene rings is 2. The molecule has 158 valence electrons. The summed E-state index contributed by atoms with van der Waals surface area (Å²) in [5.74, 6) is -1.92. The molecule has 2 aliphatic heterocycles. The van der Waals surface area contributed by atoms with Crippen molar-refractivity contribution in [2.75, 3.05) is 12.4 Å². The van der Waals surface area contributed by atoms with Gasteiger partial charge in [-0.05, 0) is 18.2 Å². The fourth-order valence-corrected chi connectivity index (χ4v) is 5.56. The third-order valence-electron chi connectivity index (χ3n) is 5.34. The third-order valence-corrected chi connectivity index (χ3v) is 6.93. The Hall–Kier alpha value is -1.71. The Kier molecular flexibility index (Phi) is 5.80. The minimum absolute atomic E-state index is 0.0248. The van der Waals surface area contributed by atoms with Gasteiger partial charge in [0.2, 0.25) is 0 Å². The van der Waals surface area contributed by atoms with E-state index in [1.807, 2.05) is 0 Å². The van der Waals surface area contributed by atoms with E-state index < -0.39 is 36.2 Å². The van der Waals surface area contributed by atoms with E-state index in [9.17, 15) is 22.4 Å². The molecule has 2 aliphatic rings. The van der Waals surface area contributed by atoms with Gasteiger partial charge in [-0.25, -0.2) is 4.39 Å². The quantitative estimate of drug-likeness (QED) is 0.393. The minimum atomic E-state index is -4.59. The van der Waals surface area contributed by atoms with Crippen molar-refractivity contribution in [2.24, 2.45) is 10.9 Å². The van der Waals surface area contributed by atoms with Crippen LogP contribution in [0.5, 0.6) is 0 Å². The fourth-order valence-electron chi connectivity index (χ4n) is 3.92. The average molecular weight is 502 g/mol. The summed E-state index contributed by atoms with van der Waals surface area (Å²) in [6.45, 7) is -0.404. The minimum Gasteiger partial charge on any atom is -0.365 e. The van der Waals surface area contributed by atoms with Crippen LogP contribution < -0.4 is 0 Å². The van der Waals surface area contributed by atoms with Gasteiger partial charge >= 0.3 is 6.18 Å². The van der Waals surface area contributed by atoms with E-state index in [2.05, 4.69) is 20.9 Å². The Morgan fingerprint density at radius 2 is 1.97 bits per heavy atom. The summed E-state index contributed by atoms with van der Waals surface area (Å²) in [5, 5.41) is 0.380.